The Labute approximate surface area is 170 Å². The van der Waals surface area contributed by atoms with E-state index in [9.17, 15) is 9.59 Å². The number of anilines is 1. The van der Waals surface area contributed by atoms with Gasteiger partial charge in [0.1, 0.15) is 0 Å². The van der Waals surface area contributed by atoms with Gasteiger partial charge in [-0.2, -0.15) is 0 Å². The Morgan fingerprint density at radius 3 is 2.69 bits per heavy atom. The largest absolute Gasteiger partial charge is 0.469 e. The van der Waals surface area contributed by atoms with Crippen LogP contribution in [0.2, 0.25) is 0 Å². The second-order valence-corrected chi connectivity index (χ2v) is 6.73. The molecular formula is C24H24N2O3. The summed E-state index contributed by atoms with van der Waals surface area (Å²) in [6.45, 7) is 1.93. The van der Waals surface area contributed by atoms with Gasteiger partial charge in [0.15, 0.2) is 0 Å². The lowest BCUT2D eigenvalue weighted by Crippen LogP contribution is -2.16. The van der Waals surface area contributed by atoms with E-state index in [0.29, 0.717) is 30.5 Å². The molecule has 1 aromatic heterocycles. The van der Waals surface area contributed by atoms with E-state index in [-0.39, 0.29) is 11.9 Å². The molecule has 0 saturated heterocycles. The molecule has 0 aliphatic heterocycles. The molecule has 148 valence electrons. The smallest absolute Gasteiger partial charge is 0.305 e. The predicted octanol–water partition coefficient (Wildman–Crippen LogP) is 4.85. The maximum atomic E-state index is 13.1. The first-order chi connectivity index (χ1) is 14.1. The fourth-order valence-corrected chi connectivity index (χ4v) is 3.24. The number of nitrogens with one attached hydrogen (secondary N) is 1. The zero-order valence-electron chi connectivity index (χ0n) is 16.6. The van der Waals surface area contributed by atoms with E-state index in [1.54, 1.807) is 6.20 Å². The number of carbonyl (C=O) groups is 2. The van der Waals surface area contributed by atoms with Gasteiger partial charge in [0.05, 0.1) is 18.3 Å². The van der Waals surface area contributed by atoms with Gasteiger partial charge in [-0.15, -0.1) is 0 Å². The average molecular weight is 388 g/mol. The number of pyridine rings is 1. The highest BCUT2D eigenvalue weighted by molar-refractivity contribution is 6.09. The third kappa shape index (κ3) is 5.08. The topological polar surface area (TPSA) is 68.3 Å². The number of aromatic nitrogens is 1. The highest BCUT2D eigenvalue weighted by Gasteiger charge is 2.15. The highest BCUT2D eigenvalue weighted by Crippen LogP contribution is 2.23. The van der Waals surface area contributed by atoms with E-state index in [2.05, 4.69) is 15.0 Å². The van der Waals surface area contributed by atoms with Gasteiger partial charge in [-0.25, -0.2) is 0 Å². The summed E-state index contributed by atoms with van der Waals surface area (Å²) in [4.78, 5) is 28.7. The number of fused-ring (bicyclic) bond motifs is 1. The molecule has 0 saturated carbocycles. The van der Waals surface area contributed by atoms with Crippen LogP contribution in [0.3, 0.4) is 0 Å². The Morgan fingerprint density at radius 1 is 1.07 bits per heavy atom. The van der Waals surface area contributed by atoms with Crippen molar-refractivity contribution in [2.75, 3.05) is 12.4 Å². The van der Waals surface area contributed by atoms with Crippen molar-refractivity contribution in [3.05, 3.63) is 83.6 Å². The van der Waals surface area contributed by atoms with Gasteiger partial charge in [0.25, 0.3) is 5.91 Å². The van der Waals surface area contributed by atoms with Crippen LogP contribution in [0.25, 0.3) is 10.9 Å². The van der Waals surface area contributed by atoms with Gasteiger partial charge in [-0.05, 0) is 43.0 Å². The standard InChI is InChI=1S/C24H24N2O3/c1-17-9-6-11-18(10-4-3-5-15-21(27)29-2)22(17)24(28)26-20-14-7-12-19-13-8-16-25-23(19)20/h3-4,6-9,11-14,16H,5,10,15H2,1-2H3,(H,26,28)/b4-3-. The molecule has 2 aromatic carbocycles. The molecule has 1 heterocycles. The summed E-state index contributed by atoms with van der Waals surface area (Å²) in [7, 11) is 1.38. The number of hydrogen-bond donors (Lipinski definition) is 1. The van der Waals surface area contributed by atoms with Crippen molar-refractivity contribution in [2.45, 2.75) is 26.2 Å². The van der Waals surface area contributed by atoms with Crippen molar-refractivity contribution in [3.8, 4) is 0 Å². The fraction of sp³-hybridized carbons (Fsp3) is 0.208. The Morgan fingerprint density at radius 2 is 1.86 bits per heavy atom. The van der Waals surface area contributed by atoms with Crippen LogP contribution in [-0.4, -0.2) is 24.0 Å². The summed E-state index contributed by atoms with van der Waals surface area (Å²) >= 11 is 0. The maximum absolute atomic E-state index is 13.1. The Kier molecular flexibility index (Phi) is 6.74. The Hall–Kier alpha value is -3.47. The number of aryl methyl sites for hydroxylation is 1. The van der Waals surface area contributed by atoms with Gasteiger partial charge < -0.3 is 10.1 Å². The van der Waals surface area contributed by atoms with E-state index in [1.807, 2.05) is 67.6 Å². The molecule has 0 fully saturated rings. The maximum Gasteiger partial charge on any atom is 0.305 e. The van der Waals surface area contributed by atoms with E-state index >= 15 is 0 Å². The zero-order chi connectivity index (χ0) is 20.6. The van der Waals surface area contributed by atoms with Gasteiger partial charge in [0.2, 0.25) is 0 Å². The molecule has 0 radical (unpaired) electrons. The molecule has 1 N–H and O–H groups in total. The Bertz CT molecular complexity index is 1050. The summed E-state index contributed by atoms with van der Waals surface area (Å²) in [6.07, 6.45) is 7.21. The summed E-state index contributed by atoms with van der Waals surface area (Å²) in [5.74, 6) is -0.381. The molecule has 0 spiro atoms. The number of carbonyl (C=O) groups excluding carboxylic acids is 2. The molecule has 3 rings (SSSR count). The minimum Gasteiger partial charge on any atom is -0.469 e. The van der Waals surface area contributed by atoms with Crippen molar-refractivity contribution in [1.82, 2.24) is 4.98 Å². The van der Waals surface area contributed by atoms with Gasteiger partial charge in [-0.1, -0.05) is 48.6 Å². The molecule has 0 unspecified atom stereocenters. The summed E-state index contributed by atoms with van der Waals surface area (Å²) in [5.41, 5.74) is 3.97. The van der Waals surface area contributed by atoms with Crippen LogP contribution in [0.5, 0.6) is 0 Å². The normalized spacial score (nSPS) is 11.0. The number of benzene rings is 2. The first kappa shape index (κ1) is 20.3. The number of amides is 1. The van der Waals surface area contributed by atoms with E-state index in [1.165, 1.54) is 7.11 Å². The lowest BCUT2D eigenvalue weighted by atomic mass is 9.98. The van der Waals surface area contributed by atoms with Gasteiger partial charge in [-0.3, -0.25) is 14.6 Å². The summed E-state index contributed by atoms with van der Waals surface area (Å²) in [5, 5.41) is 4.00. The highest BCUT2D eigenvalue weighted by atomic mass is 16.5. The molecule has 0 aliphatic carbocycles. The monoisotopic (exact) mass is 388 g/mol. The van der Waals surface area contributed by atoms with Crippen LogP contribution in [0.1, 0.15) is 34.3 Å². The third-order valence-electron chi connectivity index (χ3n) is 4.71. The predicted molar refractivity (Wildman–Crippen MR) is 115 cm³/mol. The average Bonchev–Trinajstić information content (AvgIpc) is 2.73. The minimum atomic E-state index is -0.228. The van der Waals surface area contributed by atoms with Crippen molar-refractivity contribution in [1.29, 1.82) is 0 Å². The van der Waals surface area contributed by atoms with E-state index in [0.717, 1.165) is 22.0 Å². The van der Waals surface area contributed by atoms with Crippen molar-refractivity contribution in [2.24, 2.45) is 0 Å². The quantitative estimate of drug-likeness (QED) is 0.464. The van der Waals surface area contributed by atoms with Crippen LogP contribution in [0.15, 0.2) is 66.9 Å². The number of hydrogen-bond acceptors (Lipinski definition) is 4. The number of methoxy groups -OCH3 is 1. The van der Waals surface area contributed by atoms with Crippen molar-refractivity contribution >= 4 is 28.5 Å². The number of rotatable bonds is 7. The SMILES string of the molecule is COC(=O)CC/C=C\Cc1cccc(C)c1C(=O)Nc1cccc2cccnc12. The molecule has 3 aromatic rings. The van der Waals surface area contributed by atoms with E-state index in [4.69, 9.17) is 0 Å². The molecule has 29 heavy (non-hydrogen) atoms. The zero-order valence-corrected chi connectivity index (χ0v) is 16.6. The molecular weight excluding hydrogens is 364 g/mol. The van der Waals surface area contributed by atoms with Crippen LogP contribution in [-0.2, 0) is 16.0 Å². The fourth-order valence-electron chi connectivity index (χ4n) is 3.24. The van der Waals surface area contributed by atoms with Crippen LogP contribution in [0.4, 0.5) is 5.69 Å². The summed E-state index contributed by atoms with van der Waals surface area (Å²) in [6, 6.07) is 15.4. The summed E-state index contributed by atoms with van der Waals surface area (Å²) < 4.78 is 4.64. The minimum absolute atomic E-state index is 0.154. The second-order valence-electron chi connectivity index (χ2n) is 6.73. The Balaban J connectivity index is 1.78. The first-order valence-corrected chi connectivity index (χ1v) is 9.55. The third-order valence-corrected chi connectivity index (χ3v) is 4.71. The van der Waals surface area contributed by atoms with Crippen molar-refractivity contribution in [3.63, 3.8) is 0 Å². The number of ether oxygens (including phenoxy) is 1. The number of nitrogens with zero attached hydrogens (tertiary/aromatic N) is 1. The lowest BCUT2D eigenvalue weighted by Gasteiger charge is -2.13. The molecule has 5 heteroatoms. The first-order valence-electron chi connectivity index (χ1n) is 9.55. The van der Waals surface area contributed by atoms with Crippen molar-refractivity contribution < 1.29 is 14.3 Å². The molecule has 0 bridgehead atoms. The van der Waals surface area contributed by atoms with Crippen LogP contribution >= 0.6 is 0 Å². The molecule has 1 amide bonds. The molecule has 5 nitrogen and oxygen atoms in total. The second kappa shape index (κ2) is 9.64. The number of para-hydroxylation sites is 1. The van der Waals surface area contributed by atoms with Gasteiger partial charge >= 0.3 is 5.97 Å². The van der Waals surface area contributed by atoms with E-state index < -0.39 is 0 Å². The van der Waals surface area contributed by atoms with Crippen LogP contribution < -0.4 is 5.32 Å². The van der Waals surface area contributed by atoms with Crippen LogP contribution in [0, 0.1) is 6.92 Å². The molecule has 0 aliphatic rings. The molecule has 0 atom stereocenters. The number of esters is 1. The van der Waals surface area contributed by atoms with Gasteiger partial charge in [0, 0.05) is 23.6 Å². The lowest BCUT2D eigenvalue weighted by molar-refractivity contribution is -0.140. The number of allylic oxidation sites excluding steroid dienone is 2.